The van der Waals surface area contributed by atoms with Crippen LogP contribution in [0.15, 0.2) is 77.2 Å². The van der Waals surface area contributed by atoms with Gasteiger partial charge in [0.25, 0.3) is 5.91 Å². The molecule has 164 valence electrons. The Morgan fingerprint density at radius 2 is 1.72 bits per heavy atom. The molecule has 0 saturated carbocycles. The summed E-state index contributed by atoms with van der Waals surface area (Å²) in [6, 6.07) is 21.3. The molecule has 1 aliphatic heterocycles. The summed E-state index contributed by atoms with van der Waals surface area (Å²) in [4.78, 5) is 37.8. The minimum Gasteiger partial charge on any atom is -0.486 e. The fraction of sp³-hybridized carbons (Fsp3) is 0.208. The Labute approximate surface area is 185 Å². The van der Waals surface area contributed by atoms with Gasteiger partial charge in [-0.25, -0.2) is 10.2 Å². The summed E-state index contributed by atoms with van der Waals surface area (Å²) >= 11 is 0. The molecule has 2 N–H and O–H groups in total. The van der Waals surface area contributed by atoms with E-state index in [9.17, 15) is 14.4 Å². The fourth-order valence-corrected chi connectivity index (χ4v) is 3.40. The lowest BCUT2D eigenvalue weighted by Gasteiger charge is -2.21. The van der Waals surface area contributed by atoms with Crippen molar-refractivity contribution in [2.24, 2.45) is 0 Å². The summed E-state index contributed by atoms with van der Waals surface area (Å²) in [5, 5.41) is 3.38. The average molecular weight is 433 g/mol. The first kappa shape index (κ1) is 21.2. The number of ether oxygens (including phenoxy) is 1. The number of para-hydroxylation sites is 1. The fourth-order valence-electron chi connectivity index (χ4n) is 3.40. The van der Waals surface area contributed by atoms with Crippen molar-refractivity contribution in [2.45, 2.75) is 31.9 Å². The molecule has 1 atom stereocenters. The standard InChI is InChI=1S/C24H23N3O5/c1-24(15-14-17-8-4-2-5-9-17)22(29)27(23(30)25-24)26-21(28)20-13-12-19(32-20)16-31-18-10-6-3-7-11-18/h2-13H,14-16H2,1H3,(H,25,30)(H,26,28)/t24-/m1/s1. The van der Waals surface area contributed by atoms with Crippen LogP contribution in [0.4, 0.5) is 4.79 Å². The Kier molecular flexibility index (Phi) is 5.93. The molecule has 32 heavy (non-hydrogen) atoms. The molecule has 2 aromatic carbocycles. The van der Waals surface area contributed by atoms with Gasteiger partial charge in [0.1, 0.15) is 23.7 Å². The topological polar surface area (TPSA) is 101 Å². The third kappa shape index (κ3) is 4.64. The molecule has 0 radical (unpaired) electrons. The zero-order valence-corrected chi connectivity index (χ0v) is 17.5. The largest absolute Gasteiger partial charge is 0.486 e. The number of amides is 4. The number of hydrogen-bond acceptors (Lipinski definition) is 5. The number of urea groups is 1. The van der Waals surface area contributed by atoms with Crippen LogP contribution in [0.2, 0.25) is 0 Å². The van der Waals surface area contributed by atoms with E-state index in [0.29, 0.717) is 29.4 Å². The summed E-state index contributed by atoms with van der Waals surface area (Å²) < 4.78 is 11.1. The monoisotopic (exact) mass is 433 g/mol. The Bertz CT molecular complexity index is 1110. The maximum atomic E-state index is 12.9. The van der Waals surface area contributed by atoms with Gasteiger partial charge in [-0.1, -0.05) is 48.5 Å². The minimum atomic E-state index is -1.11. The van der Waals surface area contributed by atoms with Gasteiger partial charge in [-0.3, -0.25) is 9.59 Å². The van der Waals surface area contributed by atoms with Gasteiger partial charge in [-0.15, -0.1) is 0 Å². The van der Waals surface area contributed by atoms with Crippen LogP contribution < -0.4 is 15.5 Å². The minimum absolute atomic E-state index is 0.0323. The highest BCUT2D eigenvalue weighted by Gasteiger charge is 2.48. The second-order valence-electron chi connectivity index (χ2n) is 7.70. The highest BCUT2D eigenvalue weighted by atomic mass is 16.5. The third-order valence-electron chi connectivity index (χ3n) is 5.24. The van der Waals surface area contributed by atoms with Crippen LogP contribution in [0.25, 0.3) is 0 Å². The average Bonchev–Trinajstić information content (AvgIpc) is 3.37. The first-order valence-corrected chi connectivity index (χ1v) is 10.2. The molecule has 4 amide bonds. The van der Waals surface area contributed by atoms with E-state index in [1.807, 2.05) is 60.7 Å². The van der Waals surface area contributed by atoms with Crippen LogP contribution in [0.1, 0.15) is 35.2 Å². The second-order valence-corrected chi connectivity index (χ2v) is 7.70. The quantitative estimate of drug-likeness (QED) is 0.530. The zero-order chi connectivity index (χ0) is 22.6. The van der Waals surface area contributed by atoms with E-state index in [1.54, 1.807) is 13.0 Å². The van der Waals surface area contributed by atoms with E-state index >= 15 is 0 Å². The number of aryl methyl sites for hydroxylation is 1. The number of imide groups is 1. The molecule has 1 aromatic heterocycles. The van der Waals surface area contributed by atoms with E-state index in [2.05, 4.69) is 10.7 Å². The Balaban J connectivity index is 1.35. The molecule has 0 spiro atoms. The third-order valence-corrected chi connectivity index (χ3v) is 5.24. The molecular weight excluding hydrogens is 410 g/mol. The van der Waals surface area contributed by atoms with Gasteiger partial charge < -0.3 is 14.5 Å². The van der Waals surface area contributed by atoms with E-state index in [1.165, 1.54) is 6.07 Å². The molecule has 0 aliphatic carbocycles. The van der Waals surface area contributed by atoms with Crippen molar-refractivity contribution in [3.8, 4) is 5.75 Å². The molecule has 0 unspecified atom stereocenters. The number of nitrogens with zero attached hydrogens (tertiary/aromatic N) is 1. The molecular formula is C24H23N3O5. The molecule has 1 fully saturated rings. The van der Waals surface area contributed by atoms with E-state index < -0.39 is 23.4 Å². The highest BCUT2D eigenvalue weighted by Crippen LogP contribution is 2.23. The first-order chi connectivity index (χ1) is 15.4. The molecule has 0 bridgehead atoms. The van der Waals surface area contributed by atoms with Gasteiger partial charge in [-0.2, -0.15) is 5.01 Å². The van der Waals surface area contributed by atoms with Crippen LogP contribution in [-0.4, -0.2) is 28.4 Å². The first-order valence-electron chi connectivity index (χ1n) is 10.2. The van der Waals surface area contributed by atoms with Crippen LogP contribution in [-0.2, 0) is 17.8 Å². The number of benzene rings is 2. The Hall–Kier alpha value is -4.07. The normalized spacial score (nSPS) is 17.8. The summed E-state index contributed by atoms with van der Waals surface area (Å²) in [5.41, 5.74) is 2.28. The number of carbonyl (C=O) groups is 3. The lowest BCUT2D eigenvalue weighted by Crippen LogP contribution is -2.48. The van der Waals surface area contributed by atoms with Crippen molar-refractivity contribution in [3.05, 3.63) is 89.9 Å². The predicted octanol–water partition coefficient (Wildman–Crippen LogP) is 3.45. The van der Waals surface area contributed by atoms with Crippen molar-refractivity contribution in [3.63, 3.8) is 0 Å². The van der Waals surface area contributed by atoms with Gasteiger partial charge in [0.05, 0.1) is 0 Å². The maximum Gasteiger partial charge on any atom is 0.344 e. The predicted molar refractivity (Wildman–Crippen MR) is 115 cm³/mol. The molecule has 1 saturated heterocycles. The summed E-state index contributed by atoms with van der Waals surface area (Å²) in [7, 11) is 0. The summed E-state index contributed by atoms with van der Waals surface area (Å²) in [6.45, 7) is 1.78. The van der Waals surface area contributed by atoms with Crippen molar-refractivity contribution in [1.82, 2.24) is 15.8 Å². The number of hydrogen-bond donors (Lipinski definition) is 2. The van der Waals surface area contributed by atoms with Gasteiger partial charge in [0, 0.05) is 0 Å². The number of carbonyl (C=O) groups excluding carboxylic acids is 3. The number of hydrazine groups is 1. The molecule has 8 nitrogen and oxygen atoms in total. The lowest BCUT2D eigenvalue weighted by molar-refractivity contribution is -0.132. The van der Waals surface area contributed by atoms with Crippen LogP contribution in [0, 0.1) is 0 Å². The van der Waals surface area contributed by atoms with Gasteiger partial charge in [0.15, 0.2) is 5.76 Å². The molecule has 2 heterocycles. The maximum absolute atomic E-state index is 12.9. The van der Waals surface area contributed by atoms with Gasteiger partial charge in [-0.05, 0) is 49.6 Å². The van der Waals surface area contributed by atoms with Crippen molar-refractivity contribution in [1.29, 1.82) is 0 Å². The van der Waals surface area contributed by atoms with Gasteiger partial charge >= 0.3 is 11.9 Å². The number of furan rings is 1. The van der Waals surface area contributed by atoms with Crippen LogP contribution in [0.5, 0.6) is 5.75 Å². The SMILES string of the molecule is C[C@]1(CCc2ccccc2)NC(=O)N(NC(=O)c2ccc(COc3ccccc3)o2)C1=O. The van der Waals surface area contributed by atoms with Gasteiger partial charge in [0.2, 0.25) is 0 Å². The molecule has 1 aliphatic rings. The van der Waals surface area contributed by atoms with Crippen molar-refractivity contribution >= 4 is 17.8 Å². The second kappa shape index (κ2) is 8.97. The molecule has 4 rings (SSSR count). The summed E-state index contributed by atoms with van der Waals surface area (Å²) in [5.74, 6) is -0.152. The number of rotatable bonds is 8. The zero-order valence-electron chi connectivity index (χ0n) is 17.5. The van der Waals surface area contributed by atoms with Crippen LogP contribution >= 0.6 is 0 Å². The van der Waals surface area contributed by atoms with E-state index in [0.717, 1.165) is 5.56 Å². The summed E-state index contributed by atoms with van der Waals surface area (Å²) in [6.07, 6.45) is 1.00. The smallest absolute Gasteiger partial charge is 0.344 e. The highest BCUT2D eigenvalue weighted by molar-refractivity contribution is 6.08. The van der Waals surface area contributed by atoms with E-state index in [-0.39, 0.29) is 12.4 Å². The Morgan fingerprint density at radius 3 is 2.44 bits per heavy atom. The van der Waals surface area contributed by atoms with Crippen molar-refractivity contribution < 1.29 is 23.5 Å². The number of nitrogens with one attached hydrogen (secondary N) is 2. The Morgan fingerprint density at radius 1 is 1.03 bits per heavy atom. The van der Waals surface area contributed by atoms with Crippen molar-refractivity contribution in [2.75, 3.05) is 0 Å². The van der Waals surface area contributed by atoms with E-state index in [4.69, 9.17) is 9.15 Å². The molecule has 3 aromatic rings. The lowest BCUT2D eigenvalue weighted by atomic mass is 9.93. The molecule has 8 heteroatoms. The van der Waals surface area contributed by atoms with Crippen LogP contribution in [0.3, 0.4) is 0 Å².